The Bertz CT molecular complexity index is 266. The van der Waals surface area contributed by atoms with Gasteiger partial charge in [0.25, 0.3) is 0 Å². The van der Waals surface area contributed by atoms with Gasteiger partial charge in [0.05, 0.1) is 6.10 Å². The minimum atomic E-state index is 0.502. The normalized spacial score (nSPS) is 25.2. The summed E-state index contributed by atoms with van der Waals surface area (Å²) < 4.78 is 5.49. The van der Waals surface area contributed by atoms with E-state index in [1.165, 1.54) is 71.1 Å². The number of nitrogens with one attached hydrogen (secondary N) is 1. The van der Waals surface area contributed by atoms with Gasteiger partial charge >= 0.3 is 0 Å². The average molecular weight is 282 g/mol. The summed E-state index contributed by atoms with van der Waals surface area (Å²) in [5.41, 5.74) is 0.530. The molecular weight excluding hydrogens is 248 g/mol. The van der Waals surface area contributed by atoms with E-state index in [1.807, 2.05) is 7.11 Å². The lowest BCUT2D eigenvalue weighted by Gasteiger charge is -2.43. The largest absolute Gasteiger partial charge is 0.381 e. The maximum absolute atomic E-state index is 5.49. The second kappa shape index (κ2) is 7.77. The lowest BCUT2D eigenvalue weighted by atomic mass is 9.73. The van der Waals surface area contributed by atoms with Crippen LogP contribution < -0.4 is 5.32 Å². The number of rotatable bonds is 6. The van der Waals surface area contributed by atoms with Crippen molar-refractivity contribution in [1.29, 1.82) is 0 Å². The summed E-state index contributed by atoms with van der Waals surface area (Å²) in [5, 5.41) is 3.71. The van der Waals surface area contributed by atoms with Crippen LogP contribution in [0.15, 0.2) is 0 Å². The van der Waals surface area contributed by atoms with Crippen molar-refractivity contribution in [2.24, 2.45) is 5.41 Å². The van der Waals surface area contributed by atoms with Crippen LogP contribution in [0.5, 0.6) is 0 Å². The zero-order valence-corrected chi connectivity index (χ0v) is 13.8. The predicted molar refractivity (Wildman–Crippen MR) is 85.1 cm³/mol. The highest BCUT2D eigenvalue weighted by Crippen LogP contribution is 2.37. The van der Waals surface area contributed by atoms with Gasteiger partial charge in [0.2, 0.25) is 0 Å². The number of likely N-dealkylation sites (tertiary alicyclic amines) is 1. The summed E-state index contributed by atoms with van der Waals surface area (Å²) >= 11 is 0. The van der Waals surface area contributed by atoms with Crippen molar-refractivity contribution in [3.05, 3.63) is 0 Å². The maximum atomic E-state index is 5.49. The SMILES string of the molecule is COC1CCN(CC2(CNC(C)C)CCCCC2)CC1. The van der Waals surface area contributed by atoms with Crippen LogP contribution in [0.1, 0.15) is 58.8 Å². The van der Waals surface area contributed by atoms with Crippen LogP contribution in [-0.4, -0.2) is 50.3 Å². The van der Waals surface area contributed by atoms with Gasteiger partial charge in [0, 0.05) is 39.3 Å². The van der Waals surface area contributed by atoms with E-state index in [4.69, 9.17) is 4.74 Å². The number of piperidine rings is 1. The van der Waals surface area contributed by atoms with Crippen molar-refractivity contribution in [3.8, 4) is 0 Å². The molecule has 20 heavy (non-hydrogen) atoms. The zero-order valence-electron chi connectivity index (χ0n) is 13.8. The molecule has 1 aliphatic heterocycles. The van der Waals surface area contributed by atoms with Crippen molar-refractivity contribution in [1.82, 2.24) is 10.2 Å². The van der Waals surface area contributed by atoms with Crippen LogP contribution in [0.25, 0.3) is 0 Å². The van der Waals surface area contributed by atoms with Crippen molar-refractivity contribution < 1.29 is 4.74 Å². The Morgan fingerprint density at radius 2 is 1.80 bits per heavy atom. The Morgan fingerprint density at radius 1 is 1.15 bits per heavy atom. The molecule has 2 aliphatic rings. The van der Waals surface area contributed by atoms with Crippen LogP contribution in [0, 0.1) is 5.41 Å². The van der Waals surface area contributed by atoms with Crippen molar-refractivity contribution in [2.75, 3.05) is 33.3 Å². The van der Waals surface area contributed by atoms with Gasteiger partial charge in [-0.25, -0.2) is 0 Å². The Labute approximate surface area is 125 Å². The van der Waals surface area contributed by atoms with E-state index in [-0.39, 0.29) is 0 Å². The Balaban J connectivity index is 1.87. The zero-order chi connectivity index (χ0) is 14.4. The second-order valence-electron chi connectivity index (χ2n) is 7.31. The molecule has 118 valence electrons. The van der Waals surface area contributed by atoms with Crippen molar-refractivity contribution in [3.63, 3.8) is 0 Å². The first kappa shape index (κ1) is 16.3. The van der Waals surface area contributed by atoms with Crippen molar-refractivity contribution in [2.45, 2.75) is 70.9 Å². The first-order chi connectivity index (χ1) is 9.63. The molecule has 1 saturated carbocycles. The Hall–Kier alpha value is -0.120. The number of methoxy groups -OCH3 is 1. The van der Waals surface area contributed by atoms with Crippen LogP contribution in [0.4, 0.5) is 0 Å². The first-order valence-corrected chi connectivity index (χ1v) is 8.62. The highest BCUT2D eigenvalue weighted by Gasteiger charge is 2.34. The molecule has 0 atom stereocenters. The van der Waals surface area contributed by atoms with E-state index in [0.717, 1.165) is 0 Å². The quantitative estimate of drug-likeness (QED) is 0.810. The molecule has 1 aliphatic carbocycles. The average Bonchev–Trinajstić information content (AvgIpc) is 2.47. The highest BCUT2D eigenvalue weighted by atomic mass is 16.5. The minimum Gasteiger partial charge on any atom is -0.381 e. The van der Waals surface area contributed by atoms with Crippen LogP contribution in [0.3, 0.4) is 0 Å². The monoisotopic (exact) mass is 282 g/mol. The van der Waals surface area contributed by atoms with E-state index < -0.39 is 0 Å². The number of hydrogen-bond acceptors (Lipinski definition) is 3. The molecule has 2 fully saturated rings. The summed E-state index contributed by atoms with van der Waals surface area (Å²) in [6.07, 6.45) is 10.0. The third-order valence-electron chi connectivity index (χ3n) is 5.23. The van der Waals surface area contributed by atoms with E-state index in [2.05, 4.69) is 24.1 Å². The summed E-state index contributed by atoms with van der Waals surface area (Å²) in [5.74, 6) is 0. The van der Waals surface area contributed by atoms with E-state index in [0.29, 0.717) is 17.6 Å². The first-order valence-electron chi connectivity index (χ1n) is 8.62. The summed E-state index contributed by atoms with van der Waals surface area (Å²) in [4.78, 5) is 2.70. The summed E-state index contributed by atoms with van der Waals surface area (Å²) in [6.45, 7) is 9.48. The molecule has 1 saturated heterocycles. The van der Waals surface area contributed by atoms with Crippen LogP contribution in [0.2, 0.25) is 0 Å². The number of nitrogens with zero attached hydrogens (tertiary/aromatic N) is 1. The molecule has 3 nitrogen and oxygen atoms in total. The molecule has 0 aromatic rings. The molecular formula is C17H34N2O. The fourth-order valence-electron chi connectivity index (χ4n) is 3.89. The van der Waals surface area contributed by atoms with E-state index >= 15 is 0 Å². The molecule has 2 rings (SSSR count). The standard InChI is InChI=1S/C17H34N2O/c1-15(2)18-13-17(9-5-4-6-10-17)14-19-11-7-16(20-3)8-12-19/h15-16,18H,4-14H2,1-3H3. The molecule has 0 aromatic carbocycles. The molecule has 3 heteroatoms. The van der Waals surface area contributed by atoms with E-state index in [9.17, 15) is 0 Å². The Kier molecular flexibility index (Phi) is 6.31. The molecule has 0 spiro atoms. The fourth-order valence-corrected chi connectivity index (χ4v) is 3.89. The topological polar surface area (TPSA) is 24.5 Å². The van der Waals surface area contributed by atoms with E-state index in [1.54, 1.807) is 0 Å². The molecule has 1 heterocycles. The lowest BCUT2D eigenvalue weighted by Crippen LogP contribution is -2.49. The number of hydrogen-bond donors (Lipinski definition) is 1. The molecule has 0 amide bonds. The van der Waals surface area contributed by atoms with Gasteiger partial charge in [-0.15, -0.1) is 0 Å². The maximum Gasteiger partial charge on any atom is 0.0595 e. The summed E-state index contributed by atoms with van der Waals surface area (Å²) in [7, 11) is 1.86. The molecule has 0 bridgehead atoms. The van der Waals surface area contributed by atoms with Crippen LogP contribution in [-0.2, 0) is 4.74 Å². The second-order valence-corrected chi connectivity index (χ2v) is 7.31. The third kappa shape index (κ3) is 4.71. The van der Waals surface area contributed by atoms with Crippen molar-refractivity contribution >= 4 is 0 Å². The smallest absolute Gasteiger partial charge is 0.0595 e. The minimum absolute atomic E-state index is 0.502. The Morgan fingerprint density at radius 3 is 2.35 bits per heavy atom. The molecule has 0 unspecified atom stereocenters. The molecule has 1 N–H and O–H groups in total. The lowest BCUT2D eigenvalue weighted by molar-refractivity contribution is 0.0183. The van der Waals surface area contributed by atoms with Gasteiger partial charge in [-0.1, -0.05) is 33.1 Å². The third-order valence-corrected chi connectivity index (χ3v) is 5.23. The number of ether oxygens (including phenoxy) is 1. The highest BCUT2D eigenvalue weighted by molar-refractivity contribution is 4.89. The van der Waals surface area contributed by atoms with Gasteiger partial charge in [-0.2, -0.15) is 0 Å². The van der Waals surface area contributed by atoms with Gasteiger partial charge in [0.15, 0.2) is 0 Å². The molecule has 0 aromatic heterocycles. The predicted octanol–water partition coefficient (Wildman–Crippen LogP) is 3.05. The fraction of sp³-hybridized carbons (Fsp3) is 1.00. The molecule has 0 radical (unpaired) electrons. The van der Waals surface area contributed by atoms with Gasteiger partial charge < -0.3 is 15.0 Å². The van der Waals surface area contributed by atoms with Gasteiger partial charge in [0.1, 0.15) is 0 Å². The van der Waals surface area contributed by atoms with Gasteiger partial charge in [-0.05, 0) is 31.1 Å². The van der Waals surface area contributed by atoms with Crippen LogP contribution >= 0.6 is 0 Å². The van der Waals surface area contributed by atoms with Gasteiger partial charge in [-0.3, -0.25) is 0 Å². The summed E-state index contributed by atoms with van der Waals surface area (Å²) in [6, 6.07) is 0.605.